The number of phenolic OH excluding ortho intramolecular Hbond substituents is 1. The normalized spacial score (nSPS) is 10.9. The number of hydrogen-bond acceptors (Lipinski definition) is 2. The van der Waals surface area contributed by atoms with Crippen LogP contribution in [0, 0.1) is 0 Å². The highest BCUT2D eigenvalue weighted by atomic mass is 32.1. The summed E-state index contributed by atoms with van der Waals surface area (Å²) >= 11 is 4.24. The van der Waals surface area contributed by atoms with E-state index in [1.807, 2.05) is 54.6 Å². The predicted molar refractivity (Wildman–Crippen MR) is 74.5 cm³/mol. The quantitative estimate of drug-likeness (QED) is 0.781. The summed E-state index contributed by atoms with van der Waals surface area (Å²) in [6, 6.07) is 15.3. The molecule has 2 rings (SSSR count). The van der Waals surface area contributed by atoms with Crippen molar-refractivity contribution in [2.45, 2.75) is 11.3 Å². The summed E-state index contributed by atoms with van der Waals surface area (Å²) in [7, 11) is 0. The van der Waals surface area contributed by atoms with Gasteiger partial charge in [-0.25, -0.2) is 0 Å². The monoisotopic (exact) mass is 242 g/mol. The maximum Gasteiger partial charge on any atom is 0.119 e. The second-order valence-corrected chi connectivity index (χ2v) is 4.34. The lowest BCUT2D eigenvalue weighted by molar-refractivity contribution is 0.470. The molecule has 17 heavy (non-hydrogen) atoms. The molecule has 1 nitrogen and oxygen atoms in total. The van der Waals surface area contributed by atoms with Gasteiger partial charge in [-0.2, -0.15) is 0 Å². The van der Waals surface area contributed by atoms with E-state index in [-0.39, 0.29) is 0 Å². The molecule has 0 heterocycles. The number of benzene rings is 2. The lowest BCUT2D eigenvalue weighted by Gasteiger charge is -1.99. The van der Waals surface area contributed by atoms with Gasteiger partial charge >= 0.3 is 0 Å². The lowest BCUT2D eigenvalue weighted by atomic mass is 10.1. The van der Waals surface area contributed by atoms with Crippen molar-refractivity contribution < 1.29 is 5.11 Å². The number of allylic oxidation sites excluding steroid dienone is 1. The Hall–Kier alpha value is -1.67. The summed E-state index contributed by atoms with van der Waals surface area (Å²) in [6.07, 6.45) is 4.82. The van der Waals surface area contributed by atoms with Gasteiger partial charge in [-0.3, -0.25) is 0 Å². The van der Waals surface area contributed by atoms with Crippen LogP contribution in [0.25, 0.3) is 6.08 Å². The summed E-state index contributed by atoms with van der Waals surface area (Å²) in [5, 5.41) is 9.60. The van der Waals surface area contributed by atoms with Gasteiger partial charge in [0, 0.05) is 4.90 Å². The molecule has 86 valence electrons. The highest BCUT2D eigenvalue weighted by Crippen LogP contribution is 2.17. The van der Waals surface area contributed by atoms with Crippen molar-refractivity contribution in [3.05, 3.63) is 65.7 Å². The third-order valence-electron chi connectivity index (χ3n) is 2.53. The van der Waals surface area contributed by atoms with Crippen molar-refractivity contribution in [3.8, 4) is 5.75 Å². The van der Waals surface area contributed by atoms with E-state index in [4.69, 9.17) is 0 Å². The number of thiol groups is 1. The Bertz CT molecular complexity index is 515. The van der Waals surface area contributed by atoms with Crippen LogP contribution in [0.3, 0.4) is 0 Å². The Labute approximate surface area is 107 Å². The van der Waals surface area contributed by atoms with Crippen molar-refractivity contribution in [1.29, 1.82) is 0 Å². The SMILES string of the molecule is Oc1ccccc1C/C=C/c1ccc(S)cc1. The minimum absolute atomic E-state index is 0.350. The first-order chi connectivity index (χ1) is 8.25. The average molecular weight is 242 g/mol. The van der Waals surface area contributed by atoms with Crippen molar-refractivity contribution in [2.24, 2.45) is 0 Å². The number of aromatic hydroxyl groups is 1. The maximum atomic E-state index is 9.60. The van der Waals surface area contributed by atoms with Crippen LogP contribution in [0.1, 0.15) is 11.1 Å². The van der Waals surface area contributed by atoms with Crippen LogP contribution >= 0.6 is 12.6 Å². The van der Waals surface area contributed by atoms with Gasteiger partial charge in [-0.1, -0.05) is 42.5 Å². The van der Waals surface area contributed by atoms with E-state index >= 15 is 0 Å². The zero-order valence-electron chi connectivity index (χ0n) is 9.38. The van der Waals surface area contributed by atoms with E-state index in [1.54, 1.807) is 6.07 Å². The Balaban J connectivity index is 2.03. The first-order valence-corrected chi connectivity index (χ1v) is 5.93. The highest BCUT2D eigenvalue weighted by Gasteiger charge is 1.95. The third kappa shape index (κ3) is 3.40. The standard InChI is InChI=1S/C15H14OS/c16-15-7-2-1-5-13(15)6-3-4-12-8-10-14(17)11-9-12/h1-5,7-11,16-17H,6H2/b4-3+. The maximum absolute atomic E-state index is 9.60. The molecule has 2 aromatic carbocycles. The molecule has 0 bridgehead atoms. The number of rotatable bonds is 3. The van der Waals surface area contributed by atoms with Crippen molar-refractivity contribution in [3.63, 3.8) is 0 Å². The fourth-order valence-electron chi connectivity index (χ4n) is 1.59. The highest BCUT2D eigenvalue weighted by molar-refractivity contribution is 7.80. The Morgan fingerprint density at radius 3 is 2.41 bits per heavy atom. The van der Waals surface area contributed by atoms with Gasteiger partial charge in [0.2, 0.25) is 0 Å². The molecule has 0 aromatic heterocycles. The van der Waals surface area contributed by atoms with E-state index in [1.165, 1.54) is 0 Å². The molecule has 1 N–H and O–H groups in total. The number of hydrogen-bond donors (Lipinski definition) is 2. The second kappa shape index (κ2) is 5.60. The fourth-order valence-corrected chi connectivity index (χ4v) is 1.74. The molecule has 2 aromatic rings. The summed E-state index contributed by atoms with van der Waals surface area (Å²) in [6.45, 7) is 0. The molecule has 0 atom stereocenters. The number of para-hydroxylation sites is 1. The van der Waals surface area contributed by atoms with Crippen LogP contribution in [0.15, 0.2) is 59.5 Å². The summed E-state index contributed by atoms with van der Waals surface area (Å²) < 4.78 is 0. The average Bonchev–Trinajstić information content (AvgIpc) is 2.34. The topological polar surface area (TPSA) is 20.2 Å². The summed E-state index contributed by atoms with van der Waals surface area (Å²) in [5.41, 5.74) is 2.08. The molecular weight excluding hydrogens is 228 g/mol. The molecule has 0 spiro atoms. The largest absolute Gasteiger partial charge is 0.508 e. The van der Waals surface area contributed by atoms with Gasteiger partial charge in [-0.15, -0.1) is 12.6 Å². The molecule has 0 unspecified atom stereocenters. The molecule has 0 amide bonds. The smallest absolute Gasteiger partial charge is 0.119 e. The van der Waals surface area contributed by atoms with Crippen molar-refractivity contribution in [2.75, 3.05) is 0 Å². The van der Waals surface area contributed by atoms with Crippen molar-refractivity contribution in [1.82, 2.24) is 0 Å². The van der Waals surface area contributed by atoms with Crippen molar-refractivity contribution >= 4 is 18.7 Å². The van der Waals surface area contributed by atoms with Crippen LogP contribution in [-0.4, -0.2) is 5.11 Å². The van der Waals surface area contributed by atoms with Crippen LogP contribution in [0.5, 0.6) is 5.75 Å². The van der Waals surface area contributed by atoms with E-state index < -0.39 is 0 Å². The molecule has 0 aliphatic rings. The van der Waals surface area contributed by atoms with Crippen LogP contribution in [0.2, 0.25) is 0 Å². The molecule has 0 aliphatic carbocycles. The van der Waals surface area contributed by atoms with Gasteiger partial charge in [0.05, 0.1) is 0 Å². The van der Waals surface area contributed by atoms with Gasteiger partial charge in [0.25, 0.3) is 0 Å². The van der Waals surface area contributed by atoms with Crippen LogP contribution < -0.4 is 0 Å². The molecule has 0 saturated heterocycles. The molecule has 0 fully saturated rings. The van der Waals surface area contributed by atoms with E-state index in [0.717, 1.165) is 22.4 Å². The molecule has 0 saturated carbocycles. The minimum Gasteiger partial charge on any atom is -0.508 e. The zero-order chi connectivity index (χ0) is 12.1. The summed E-state index contributed by atoms with van der Waals surface area (Å²) in [5.74, 6) is 0.350. The van der Waals surface area contributed by atoms with E-state index in [9.17, 15) is 5.11 Å². The predicted octanol–water partition coefficient (Wildman–Crippen LogP) is 3.94. The van der Waals surface area contributed by atoms with Crippen LogP contribution in [-0.2, 0) is 6.42 Å². The molecule has 0 radical (unpaired) electrons. The van der Waals surface area contributed by atoms with Gasteiger partial charge < -0.3 is 5.11 Å². The molecule has 2 heteroatoms. The van der Waals surface area contributed by atoms with E-state index in [0.29, 0.717) is 5.75 Å². The number of phenols is 1. The minimum atomic E-state index is 0.350. The zero-order valence-corrected chi connectivity index (χ0v) is 10.3. The first-order valence-electron chi connectivity index (χ1n) is 5.48. The molecular formula is C15H14OS. The molecule has 0 aliphatic heterocycles. The second-order valence-electron chi connectivity index (χ2n) is 3.83. The third-order valence-corrected chi connectivity index (χ3v) is 2.83. The Kier molecular flexibility index (Phi) is 3.89. The van der Waals surface area contributed by atoms with E-state index in [2.05, 4.69) is 12.6 Å². The summed E-state index contributed by atoms with van der Waals surface area (Å²) in [4.78, 5) is 0.961. The van der Waals surface area contributed by atoms with Gasteiger partial charge in [-0.05, 0) is 35.7 Å². The fraction of sp³-hybridized carbons (Fsp3) is 0.0667. The van der Waals surface area contributed by atoms with Crippen LogP contribution in [0.4, 0.5) is 0 Å². The van der Waals surface area contributed by atoms with Gasteiger partial charge in [0.15, 0.2) is 0 Å². The first kappa shape index (κ1) is 11.8. The Morgan fingerprint density at radius 1 is 1.00 bits per heavy atom. The lowest BCUT2D eigenvalue weighted by Crippen LogP contribution is -1.81. The van der Waals surface area contributed by atoms with Gasteiger partial charge in [0.1, 0.15) is 5.75 Å². The Morgan fingerprint density at radius 2 is 1.71 bits per heavy atom.